The van der Waals surface area contributed by atoms with Gasteiger partial charge in [-0.2, -0.15) is 18.3 Å². The van der Waals surface area contributed by atoms with Crippen LogP contribution in [0.5, 0.6) is 5.75 Å². The fourth-order valence-corrected chi connectivity index (χ4v) is 4.32. The van der Waals surface area contributed by atoms with E-state index in [1.165, 1.54) is 19.2 Å². The first kappa shape index (κ1) is 22.5. The zero-order valence-corrected chi connectivity index (χ0v) is 19.1. The van der Waals surface area contributed by atoms with Crippen LogP contribution < -0.4 is 10.1 Å². The molecular weight excluding hydrogens is 457 g/mol. The maximum atomic E-state index is 13.4. The Labute approximate surface area is 198 Å². The van der Waals surface area contributed by atoms with Crippen molar-refractivity contribution in [2.75, 3.05) is 12.4 Å². The molecule has 2 aromatic heterocycles. The van der Waals surface area contributed by atoms with Crippen molar-refractivity contribution < 1.29 is 22.7 Å². The van der Waals surface area contributed by atoms with Crippen LogP contribution in [0.15, 0.2) is 66.7 Å². The van der Waals surface area contributed by atoms with E-state index < -0.39 is 17.6 Å². The van der Waals surface area contributed by atoms with Crippen molar-refractivity contribution in [3.05, 3.63) is 77.9 Å². The Morgan fingerprint density at radius 1 is 0.971 bits per heavy atom. The molecule has 9 heteroatoms. The molecule has 0 spiro atoms. The van der Waals surface area contributed by atoms with Gasteiger partial charge >= 0.3 is 6.18 Å². The summed E-state index contributed by atoms with van der Waals surface area (Å²) in [5.41, 5.74) is 2.83. The van der Waals surface area contributed by atoms with E-state index in [-0.39, 0.29) is 11.4 Å². The number of anilines is 1. The summed E-state index contributed by atoms with van der Waals surface area (Å²) < 4.78 is 48.7. The number of fused-ring (bicyclic) bond motifs is 2. The van der Waals surface area contributed by atoms with E-state index >= 15 is 0 Å². The van der Waals surface area contributed by atoms with Crippen LogP contribution in [-0.2, 0) is 20.3 Å². The lowest BCUT2D eigenvalue weighted by Gasteiger charge is -2.14. The van der Waals surface area contributed by atoms with Gasteiger partial charge in [-0.05, 0) is 48.5 Å². The zero-order valence-electron chi connectivity index (χ0n) is 19.1. The Balaban J connectivity index is 1.54. The number of alkyl halides is 3. The number of hydrogen-bond donors (Lipinski definition) is 1. The number of aromatic nitrogens is 3. The van der Waals surface area contributed by atoms with E-state index in [1.807, 2.05) is 49.0 Å². The van der Waals surface area contributed by atoms with E-state index in [0.29, 0.717) is 11.3 Å². The van der Waals surface area contributed by atoms with Crippen molar-refractivity contribution in [2.45, 2.75) is 6.18 Å². The molecule has 0 aliphatic heterocycles. The second-order valence-electron chi connectivity index (χ2n) is 8.22. The molecule has 0 saturated heterocycles. The van der Waals surface area contributed by atoms with Crippen LogP contribution in [0.3, 0.4) is 0 Å². The highest BCUT2D eigenvalue weighted by Gasteiger charge is 2.34. The highest BCUT2D eigenvalue weighted by atomic mass is 19.4. The molecule has 2 heterocycles. The van der Waals surface area contributed by atoms with Crippen LogP contribution in [0, 0.1) is 0 Å². The van der Waals surface area contributed by atoms with Crippen LogP contribution in [0.4, 0.5) is 18.9 Å². The van der Waals surface area contributed by atoms with E-state index in [4.69, 9.17) is 4.74 Å². The fraction of sp³-hybridized carbons (Fsp3) is 0.154. The molecular formula is C26H21F3N4O2. The van der Waals surface area contributed by atoms with Crippen molar-refractivity contribution in [3.8, 4) is 17.1 Å². The third-order valence-electron chi connectivity index (χ3n) is 6.07. The van der Waals surface area contributed by atoms with Crippen LogP contribution in [-0.4, -0.2) is 27.4 Å². The SMILES string of the molecule is COc1ccc(NC(=O)c2ccc3c(c2)c(-c2cc4ccccc4n2C)nn3C)cc1C(F)(F)F. The van der Waals surface area contributed by atoms with Crippen LogP contribution in [0.25, 0.3) is 33.2 Å². The molecule has 0 aliphatic carbocycles. The van der Waals surface area contributed by atoms with Gasteiger partial charge in [0.2, 0.25) is 0 Å². The molecule has 0 radical (unpaired) electrons. The first-order chi connectivity index (χ1) is 16.7. The van der Waals surface area contributed by atoms with Crippen molar-refractivity contribution in [1.29, 1.82) is 0 Å². The first-order valence-corrected chi connectivity index (χ1v) is 10.8. The van der Waals surface area contributed by atoms with Crippen molar-refractivity contribution in [1.82, 2.24) is 14.3 Å². The molecule has 3 aromatic carbocycles. The lowest BCUT2D eigenvalue weighted by molar-refractivity contribution is -0.138. The minimum Gasteiger partial charge on any atom is -0.496 e. The Kier molecular flexibility index (Phi) is 5.27. The van der Waals surface area contributed by atoms with Crippen LogP contribution >= 0.6 is 0 Å². The number of nitrogens with zero attached hydrogens (tertiary/aromatic N) is 3. The van der Waals surface area contributed by atoms with Gasteiger partial charge in [0.1, 0.15) is 11.4 Å². The Morgan fingerprint density at radius 3 is 2.46 bits per heavy atom. The molecule has 1 N–H and O–H groups in total. The lowest BCUT2D eigenvalue weighted by atomic mass is 10.1. The number of methoxy groups -OCH3 is 1. The van der Waals surface area contributed by atoms with E-state index in [9.17, 15) is 18.0 Å². The topological polar surface area (TPSA) is 61.1 Å². The van der Waals surface area contributed by atoms with Gasteiger partial charge in [0, 0.05) is 41.6 Å². The number of ether oxygens (including phenoxy) is 1. The van der Waals surface area contributed by atoms with Crippen molar-refractivity contribution >= 4 is 33.4 Å². The molecule has 6 nitrogen and oxygen atoms in total. The van der Waals surface area contributed by atoms with Gasteiger partial charge in [0.05, 0.1) is 23.9 Å². The van der Waals surface area contributed by atoms with E-state index in [0.717, 1.165) is 33.6 Å². The average Bonchev–Trinajstić information content (AvgIpc) is 3.34. The first-order valence-electron chi connectivity index (χ1n) is 10.8. The minimum absolute atomic E-state index is 0.0170. The van der Waals surface area contributed by atoms with E-state index in [2.05, 4.69) is 10.4 Å². The highest BCUT2D eigenvalue weighted by Crippen LogP contribution is 2.38. The monoisotopic (exact) mass is 478 g/mol. The van der Waals surface area contributed by atoms with Gasteiger partial charge < -0.3 is 14.6 Å². The molecule has 0 saturated carbocycles. The van der Waals surface area contributed by atoms with Gasteiger partial charge in [0.15, 0.2) is 0 Å². The number of hydrogen-bond acceptors (Lipinski definition) is 3. The molecule has 178 valence electrons. The number of para-hydroxylation sites is 1. The summed E-state index contributed by atoms with van der Waals surface area (Å²) in [6.07, 6.45) is -4.62. The van der Waals surface area contributed by atoms with Crippen LogP contribution in [0.2, 0.25) is 0 Å². The summed E-state index contributed by atoms with van der Waals surface area (Å²) in [4.78, 5) is 13.0. The standard InChI is InChI=1S/C26H21F3N4O2/c1-32-20-7-5-4-6-15(20)13-22(32)24-18-12-16(8-10-21(18)33(2)31-24)25(34)30-17-9-11-23(35-3)19(14-17)26(27,28)29/h4-14H,1-3H3,(H,30,34). The number of aryl methyl sites for hydroxylation is 2. The second-order valence-corrected chi connectivity index (χ2v) is 8.22. The molecule has 0 atom stereocenters. The molecule has 1 amide bonds. The van der Waals surface area contributed by atoms with Gasteiger partial charge in [-0.25, -0.2) is 0 Å². The summed E-state index contributed by atoms with van der Waals surface area (Å²) in [5, 5.41) is 9.07. The number of amides is 1. The predicted octanol–water partition coefficient (Wildman–Crippen LogP) is 6.01. The highest BCUT2D eigenvalue weighted by molar-refractivity contribution is 6.08. The fourth-order valence-electron chi connectivity index (χ4n) is 4.32. The molecule has 0 aliphatic rings. The zero-order chi connectivity index (χ0) is 24.9. The number of halogens is 3. The minimum atomic E-state index is -4.62. The Bertz CT molecular complexity index is 1600. The van der Waals surface area contributed by atoms with Gasteiger partial charge in [0.25, 0.3) is 5.91 Å². The molecule has 0 unspecified atom stereocenters. The largest absolute Gasteiger partial charge is 0.496 e. The predicted molar refractivity (Wildman–Crippen MR) is 129 cm³/mol. The summed E-state index contributed by atoms with van der Waals surface area (Å²) in [5.74, 6) is -0.844. The Hall–Kier alpha value is -4.27. The molecule has 5 rings (SSSR count). The maximum absolute atomic E-state index is 13.4. The third-order valence-corrected chi connectivity index (χ3v) is 6.07. The average molecular weight is 478 g/mol. The van der Waals surface area contributed by atoms with Gasteiger partial charge in [-0.1, -0.05) is 18.2 Å². The normalized spacial score (nSPS) is 11.8. The second kappa shape index (κ2) is 8.19. The quantitative estimate of drug-likeness (QED) is 0.344. The lowest BCUT2D eigenvalue weighted by Crippen LogP contribution is -2.14. The number of rotatable bonds is 4. The summed E-state index contributed by atoms with van der Waals surface area (Å²) >= 11 is 0. The maximum Gasteiger partial charge on any atom is 0.420 e. The number of nitrogens with one attached hydrogen (secondary N) is 1. The summed E-state index contributed by atoms with van der Waals surface area (Å²) in [7, 11) is 4.94. The molecule has 5 aromatic rings. The van der Waals surface area contributed by atoms with E-state index in [1.54, 1.807) is 22.9 Å². The summed E-state index contributed by atoms with van der Waals surface area (Å²) in [6, 6.07) is 18.5. The number of carbonyl (C=O) groups is 1. The smallest absolute Gasteiger partial charge is 0.420 e. The third kappa shape index (κ3) is 3.88. The number of benzene rings is 3. The van der Waals surface area contributed by atoms with Gasteiger partial charge in [-0.15, -0.1) is 0 Å². The van der Waals surface area contributed by atoms with Gasteiger partial charge in [-0.3, -0.25) is 9.48 Å². The van der Waals surface area contributed by atoms with Crippen molar-refractivity contribution in [2.24, 2.45) is 14.1 Å². The van der Waals surface area contributed by atoms with Crippen molar-refractivity contribution in [3.63, 3.8) is 0 Å². The summed E-state index contributed by atoms with van der Waals surface area (Å²) in [6.45, 7) is 0. The molecule has 0 bridgehead atoms. The number of carbonyl (C=O) groups excluding carboxylic acids is 1. The van der Waals surface area contributed by atoms with Crippen LogP contribution in [0.1, 0.15) is 15.9 Å². The molecule has 35 heavy (non-hydrogen) atoms. The molecule has 0 fully saturated rings. The Morgan fingerprint density at radius 2 is 1.74 bits per heavy atom.